The van der Waals surface area contributed by atoms with Crippen molar-refractivity contribution in [1.29, 1.82) is 0 Å². The van der Waals surface area contributed by atoms with Crippen molar-refractivity contribution in [3.05, 3.63) is 191 Å². The van der Waals surface area contributed by atoms with Gasteiger partial charge in [-0.2, -0.15) is 0 Å². The monoisotopic (exact) mass is 852 g/mol. The fraction of sp³-hybridized carbons (Fsp3) is 0. The molecular weight excluding hydrogens is 824 g/mol. The van der Waals surface area contributed by atoms with Gasteiger partial charge in [0.15, 0.2) is 0 Å². The summed E-state index contributed by atoms with van der Waals surface area (Å²) in [5, 5.41) is 9.15. The van der Waals surface area contributed by atoms with E-state index in [4.69, 9.17) is 4.42 Å². The third kappa shape index (κ3) is 5.08. The van der Waals surface area contributed by atoms with Crippen LogP contribution in [0, 0.1) is 21.0 Å². The molecule has 0 unspecified atom stereocenters. The molecule has 0 aliphatic carbocycles. The Morgan fingerprint density at radius 2 is 0.772 bits per heavy atom. The summed E-state index contributed by atoms with van der Waals surface area (Å²) in [7, 11) is 0. The van der Waals surface area contributed by atoms with E-state index in [0.717, 1.165) is 96.4 Å². The Kier molecular flexibility index (Phi) is 7.76. The van der Waals surface area contributed by atoms with Gasteiger partial charge in [-0.25, -0.2) is 13.2 Å². The van der Waals surface area contributed by atoms with E-state index in [1.54, 1.807) is 6.07 Å². The molecule has 1 aromatic heterocycles. The maximum Gasteiger partial charge on any atom is 0.136 e. The summed E-state index contributed by atoms with van der Waals surface area (Å²) in [6, 6.07) is 53.9. The largest absolute Gasteiger partial charge is 0.456 e. The normalized spacial score (nSPS) is 11.9. The molecule has 0 N–H and O–H groups in total. The predicted octanol–water partition coefficient (Wildman–Crippen LogP) is 15.9. The van der Waals surface area contributed by atoms with Gasteiger partial charge < -0.3 is 4.42 Å². The molecule has 0 spiro atoms. The van der Waals surface area contributed by atoms with E-state index in [-0.39, 0.29) is 11.4 Å². The smallest absolute Gasteiger partial charge is 0.136 e. The molecule has 10 aromatic carbocycles. The molecule has 11 aromatic rings. The third-order valence-electron chi connectivity index (χ3n) is 11.3. The molecule has 0 fully saturated rings. The molecule has 0 radical (unpaired) electrons. The van der Waals surface area contributed by atoms with Crippen molar-refractivity contribution in [2.45, 2.75) is 0 Å². The Morgan fingerprint density at radius 3 is 1.30 bits per heavy atom. The minimum atomic E-state index is -0.603. The van der Waals surface area contributed by atoms with E-state index in [0.29, 0.717) is 11.1 Å². The van der Waals surface area contributed by atoms with Crippen molar-refractivity contribution in [1.82, 2.24) is 0 Å². The number of hydrogen-bond acceptors (Lipinski definition) is 1. The van der Waals surface area contributed by atoms with Gasteiger partial charge in [0.1, 0.15) is 28.6 Å². The van der Waals surface area contributed by atoms with Crippen molar-refractivity contribution in [2.75, 3.05) is 0 Å². The van der Waals surface area contributed by atoms with Crippen LogP contribution < -0.4 is 0 Å². The van der Waals surface area contributed by atoms with Crippen LogP contribution in [-0.2, 0) is 0 Å². The second kappa shape index (κ2) is 13.1. The van der Waals surface area contributed by atoms with Crippen LogP contribution in [0.2, 0.25) is 0 Å². The second-order valence-corrected chi connectivity index (χ2v) is 15.5. The maximum absolute atomic E-state index is 15.8. The Bertz CT molecular complexity index is 3320. The van der Waals surface area contributed by atoms with Crippen LogP contribution in [0.25, 0.3) is 110 Å². The minimum Gasteiger partial charge on any atom is -0.456 e. The first kappa shape index (κ1) is 33.9. The summed E-state index contributed by atoms with van der Waals surface area (Å²) in [6.07, 6.45) is 0. The SMILES string of the molecule is Fc1cccc(F)c1-c1c2ccccc2c(-c2ccc3oc4cccc(-c5c6ccccc6c(-c6c(F)cccc6I)c6ccccc56)c4c3c2)c2ccccc12. The van der Waals surface area contributed by atoms with E-state index in [2.05, 4.69) is 65.1 Å². The molecule has 270 valence electrons. The van der Waals surface area contributed by atoms with Gasteiger partial charge in [-0.3, -0.25) is 0 Å². The molecule has 11 rings (SSSR count). The summed E-state index contributed by atoms with van der Waals surface area (Å²) >= 11 is 2.23. The molecule has 0 amide bonds. The lowest BCUT2D eigenvalue weighted by atomic mass is 9.84. The Labute approximate surface area is 338 Å². The van der Waals surface area contributed by atoms with Crippen LogP contribution in [0.3, 0.4) is 0 Å². The lowest BCUT2D eigenvalue weighted by Gasteiger charge is -2.19. The van der Waals surface area contributed by atoms with Gasteiger partial charge in [-0.1, -0.05) is 127 Å². The summed E-state index contributed by atoms with van der Waals surface area (Å²) in [5.41, 5.74) is 7.42. The lowest BCUT2D eigenvalue weighted by molar-refractivity contribution is 0.590. The van der Waals surface area contributed by atoms with Crippen LogP contribution in [-0.4, -0.2) is 0 Å². The molecule has 1 nitrogen and oxygen atoms in total. The van der Waals surface area contributed by atoms with Crippen LogP contribution >= 0.6 is 22.6 Å². The lowest BCUT2D eigenvalue weighted by Crippen LogP contribution is -1.95. The van der Waals surface area contributed by atoms with Gasteiger partial charge >= 0.3 is 0 Å². The molecule has 5 heteroatoms. The molecule has 1 heterocycles. The highest BCUT2D eigenvalue weighted by Gasteiger charge is 2.24. The highest BCUT2D eigenvalue weighted by Crippen LogP contribution is 2.50. The number of hydrogen-bond donors (Lipinski definition) is 0. The molecule has 0 atom stereocenters. The standard InChI is InChI=1S/C52H28F3IO/c53-40-21-10-22-41(54)51(40)49-34-16-5-1-12-30(34)46(31-13-2-6-17-35(31)49)29-26-27-44-39(28-29)48-38(20-9-25-45(48)57-44)47-32-14-3-7-18-36(32)50(37-19-8-4-15-33(37)47)52-42(55)23-11-24-43(52)56/h1-28H. The Balaban J connectivity index is 1.23. The fourth-order valence-electron chi connectivity index (χ4n) is 9.06. The van der Waals surface area contributed by atoms with E-state index >= 15 is 13.2 Å². The molecule has 0 aliphatic rings. The fourth-order valence-corrected chi connectivity index (χ4v) is 9.80. The topological polar surface area (TPSA) is 13.1 Å². The van der Waals surface area contributed by atoms with Gasteiger partial charge in [0.2, 0.25) is 0 Å². The van der Waals surface area contributed by atoms with Gasteiger partial charge in [0, 0.05) is 31.0 Å². The third-order valence-corrected chi connectivity index (χ3v) is 12.2. The maximum atomic E-state index is 15.8. The van der Waals surface area contributed by atoms with E-state index < -0.39 is 11.6 Å². The molecular formula is C52H28F3IO. The van der Waals surface area contributed by atoms with Crippen molar-refractivity contribution in [3.8, 4) is 44.5 Å². The zero-order chi connectivity index (χ0) is 38.4. The number of fused-ring (bicyclic) bond motifs is 7. The zero-order valence-electron chi connectivity index (χ0n) is 30.1. The van der Waals surface area contributed by atoms with Gasteiger partial charge in [-0.15, -0.1) is 0 Å². The van der Waals surface area contributed by atoms with Crippen molar-refractivity contribution in [2.24, 2.45) is 0 Å². The van der Waals surface area contributed by atoms with E-state index in [1.807, 2.05) is 97.1 Å². The molecule has 57 heavy (non-hydrogen) atoms. The van der Waals surface area contributed by atoms with Crippen molar-refractivity contribution in [3.63, 3.8) is 0 Å². The summed E-state index contributed by atoms with van der Waals surface area (Å²) < 4.78 is 54.4. The Hall–Kier alpha value is -6.44. The average molecular weight is 853 g/mol. The first-order chi connectivity index (χ1) is 28.0. The van der Waals surface area contributed by atoms with E-state index in [9.17, 15) is 0 Å². The van der Waals surface area contributed by atoms with Crippen LogP contribution in [0.15, 0.2) is 174 Å². The summed E-state index contributed by atoms with van der Waals surface area (Å²) in [6.45, 7) is 0. The number of halogens is 4. The van der Waals surface area contributed by atoms with Crippen molar-refractivity contribution >= 4 is 87.6 Å². The Morgan fingerprint density at radius 1 is 0.333 bits per heavy atom. The number of furan rings is 1. The first-order valence-corrected chi connectivity index (χ1v) is 19.8. The van der Waals surface area contributed by atoms with Crippen LogP contribution in [0.1, 0.15) is 0 Å². The summed E-state index contributed by atoms with van der Waals surface area (Å²) in [5.74, 6) is -1.46. The quantitative estimate of drug-likeness (QED) is 0.127. The molecule has 0 bridgehead atoms. The van der Waals surface area contributed by atoms with Gasteiger partial charge in [0.05, 0.1) is 5.56 Å². The van der Waals surface area contributed by atoms with Crippen LogP contribution in [0.5, 0.6) is 0 Å². The van der Waals surface area contributed by atoms with E-state index in [1.165, 1.54) is 24.3 Å². The predicted molar refractivity (Wildman–Crippen MR) is 238 cm³/mol. The number of benzene rings is 10. The second-order valence-electron chi connectivity index (χ2n) is 14.4. The van der Waals surface area contributed by atoms with Gasteiger partial charge in [0.25, 0.3) is 0 Å². The highest BCUT2D eigenvalue weighted by molar-refractivity contribution is 14.1. The average Bonchev–Trinajstić information content (AvgIpc) is 3.61. The first-order valence-electron chi connectivity index (χ1n) is 18.7. The van der Waals surface area contributed by atoms with Crippen LogP contribution in [0.4, 0.5) is 13.2 Å². The highest BCUT2D eigenvalue weighted by atomic mass is 127. The van der Waals surface area contributed by atoms with Crippen molar-refractivity contribution < 1.29 is 17.6 Å². The zero-order valence-corrected chi connectivity index (χ0v) is 32.2. The molecule has 0 saturated carbocycles. The molecule has 0 saturated heterocycles. The molecule has 0 aliphatic heterocycles. The summed E-state index contributed by atoms with van der Waals surface area (Å²) in [4.78, 5) is 0. The van der Waals surface area contributed by atoms with Gasteiger partial charge in [-0.05, 0) is 130 Å². The minimum absolute atomic E-state index is 0.0347. The number of rotatable bonds is 4.